The summed E-state index contributed by atoms with van der Waals surface area (Å²) in [4.78, 5) is 15.9. The third-order valence-corrected chi connectivity index (χ3v) is 5.31. The number of aryl methyl sites for hydroxylation is 1. The quantitative estimate of drug-likeness (QED) is 0.786. The summed E-state index contributed by atoms with van der Waals surface area (Å²) in [7, 11) is 0. The Balaban J connectivity index is 1.91. The molecule has 0 amide bonds. The van der Waals surface area contributed by atoms with Crippen molar-refractivity contribution in [2.24, 2.45) is 5.92 Å². The second kappa shape index (κ2) is 7.55. The molecule has 6 nitrogen and oxygen atoms in total. The summed E-state index contributed by atoms with van der Waals surface area (Å²) in [5.74, 6) is -0.599. The number of carbonyl (C=O) groups is 1. The van der Waals surface area contributed by atoms with Crippen LogP contribution in [0.1, 0.15) is 23.4 Å². The summed E-state index contributed by atoms with van der Waals surface area (Å²) < 4.78 is 23.4. The van der Waals surface area contributed by atoms with Crippen LogP contribution in [0.25, 0.3) is 11.0 Å². The van der Waals surface area contributed by atoms with Gasteiger partial charge < -0.3 is 14.2 Å². The second-order valence-corrected chi connectivity index (χ2v) is 7.55. The molecule has 1 N–H and O–H groups in total. The van der Waals surface area contributed by atoms with Crippen LogP contribution in [0.2, 0.25) is 0 Å². The maximum absolute atomic E-state index is 11.2. The molecule has 2 aromatic rings. The number of carboxylic acid groups (broad SMARTS) is 1. The zero-order chi connectivity index (χ0) is 18.8. The molecular formula is C19H21N2O4S-. The molecule has 138 valence electrons. The molecule has 0 aliphatic heterocycles. The van der Waals surface area contributed by atoms with Crippen molar-refractivity contribution in [2.45, 2.75) is 33.2 Å². The molecule has 2 heterocycles. The standard InChI is InChI=1S/C19H22N2O4S/c1-12-3-8-17-19(20-12)16(13(2)21(17)10-18(22)23)9-14-4-6-15(7-5-14)11-26(24)25/h3-4,6-8,14H,5,9-11H2,1-2H3,(H,22,23)(H,24,25)/p-1. The molecule has 0 spiro atoms. The number of aliphatic carboxylic acids is 1. The fourth-order valence-corrected chi connectivity index (χ4v) is 3.94. The van der Waals surface area contributed by atoms with Gasteiger partial charge in [0.05, 0.1) is 11.0 Å². The Morgan fingerprint density at radius 2 is 2.19 bits per heavy atom. The molecule has 26 heavy (non-hydrogen) atoms. The third-order valence-electron chi connectivity index (χ3n) is 4.74. The van der Waals surface area contributed by atoms with Gasteiger partial charge in [-0.05, 0) is 55.9 Å². The van der Waals surface area contributed by atoms with E-state index in [1.54, 1.807) is 4.57 Å². The monoisotopic (exact) mass is 373 g/mol. The predicted molar refractivity (Wildman–Crippen MR) is 99.7 cm³/mol. The van der Waals surface area contributed by atoms with Crippen LogP contribution in [0.3, 0.4) is 0 Å². The van der Waals surface area contributed by atoms with Gasteiger partial charge in [-0.2, -0.15) is 0 Å². The van der Waals surface area contributed by atoms with Gasteiger partial charge in [0, 0.05) is 17.1 Å². The largest absolute Gasteiger partial charge is 0.772 e. The van der Waals surface area contributed by atoms with Crippen molar-refractivity contribution in [1.29, 1.82) is 0 Å². The Morgan fingerprint density at radius 3 is 2.81 bits per heavy atom. The number of hydrogen-bond donors (Lipinski definition) is 1. The topological polar surface area (TPSA) is 95.2 Å². The number of carboxylic acids is 1. The number of hydrogen-bond acceptors (Lipinski definition) is 4. The Morgan fingerprint density at radius 1 is 1.42 bits per heavy atom. The summed E-state index contributed by atoms with van der Waals surface area (Å²) in [6.07, 6.45) is 7.38. The van der Waals surface area contributed by atoms with Crippen LogP contribution in [0.5, 0.6) is 0 Å². The lowest BCUT2D eigenvalue weighted by Crippen LogP contribution is -2.11. The number of aromatic nitrogens is 2. The Bertz CT molecular complexity index is 943. The smallest absolute Gasteiger partial charge is 0.323 e. The van der Waals surface area contributed by atoms with Crippen molar-refractivity contribution in [1.82, 2.24) is 9.55 Å². The average molecular weight is 373 g/mol. The Kier molecular flexibility index (Phi) is 5.38. The first-order valence-corrected chi connectivity index (χ1v) is 9.69. The first-order chi connectivity index (χ1) is 12.3. The second-order valence-electron chi connectivity index (χ2n) is 6.65. The number of pyridine rings is 1. The van der Waals surface area contributed by atoms with Gasteiger partial charge in [-0.1, -0.05) is 29.3 Å². The normalized spacial score (nSPS) is 18.1. The van der Waals surface area contributed by atoms with Crippen molar-refractivity contribution >= 4 is 28.1 Å². The molecule has 3 rings (SSSR count). The van der Waals surface area contributed by atoms with Gasteiger partial charge in [-0.3, -0.25) is 14.0 Å². The SMILES string of the molecule is Cc1ccc2c(n1)c(CC1C=CC(CS(=O)[O-])=CC1)c(C)n2CC(=O)O. The first-order valence-electron chi connectivity index (χ1n) is 8.45. The highest BCUT2D eigenvalue weighted by Gasteiger charge is 2.20. The summed E-state index contributed by atoms with van der Waals surface area (Å²) in [5.41, 5.74) is 5.38. The maximum atomic E-state index is 11.2. The molecule has 2 aromatic heterocycles. The average Bonchev–Trinajstić information content (AvgIpc) is 2.81. The van der Waals surface area contributed by atoms with Crippen molar-refractivity contribution in [3.05, 3.63) is 52.9 Å². The predicted octanol–water partition coefficient (Wildman–Crippen LogP) is 2.66. The van der Waals surface area contributed by atoms with E-state index in [2.05, 4.69) is 4.98 Å². The van der Waals surface area contributed by atoms with Gasteiger partial charge in [0.25, 0.3) is 0 Å². The van der Waals surface area contributed by atoms with E-state index in [1.807, 2.05) is 44.2 Å². The van der Waals surface area contributed by atoms with E-state index in [0.29, 0.717) is 0 Å². The van der Waals surface area contributed by atoms with E-state index in [1.165, 1.54) is 0 Å². The van der Waals surface area contributed by atoms with Crippen LogP contribution in [0.15, 0.2) is 35.9 Å². The lowest BCUT2D eigenvalue weighted by molar-refractivity contribution is -0.137. The van der Waals surface area contributed by atoms with Gasteiger partial charge in [0.1, 0.15) is 6.54 Å². The molecule has 2 unspecified atom stereocenters. The molecule has 0 radical (unpaired) electrons. The van der Waals surface area contributed by atoms with Crippen molar-refractivity contribution in [2.75, 3.05) is 5.75 Å². The Hall–Kier alpha value is -2.25. The summed E-state index contributed by atoms with van der Waals surface area (Å²) in [6.45, 7) is 3.77. The zero-order valence-electron chi connectivity index (χ0n) is 14.8. The van der Waals surface area contributed by atoms with E-state index < -0.39 is 17.0 Å². The van der Waals surface area contributed by atoms with Crippen LogP contribution >= 0.6 is 0 Å². The molecule has 7 heteroatoms. The minimum Gasteiger partial charge on any atom is -0.772 e. The fraction of sp³-hybridized carbons (Fsp3) is 0.368. The molecule has 1 aliphatic rings. The van der Waals surface area contributed by atoms with E-state index in [9.17, 15) is 18.7 Å². The van der Waals surface area contributed by atoms with Crippen LogP contribution in [0.4, 0.5) is 0 Å². The summed E-state index contributed by atoms with van der Waals surface area (Å²) in [5, 5.41) is 9.23. The van der Waals surface area contributed by atoms with Gasteiger partial charge in [0.15, 0.2) is 0 Å². The molecule has 0 aromatic carbocycles. The third kappa shape index (κ3) is 3.94. The van der Waals surface area contributed by atoms with E-state index in [0.717, 1.165) is 46.4 Å². The van der Waals surface area contributed by atoms with Crippen LogP contribution in [-0.2, 0) is 28.8 Å². The zero-order valence-corrected chi connectivity index (χ0v) is 15.6. The molecule has 2 atom stereocenters. The fourth-order valence-electron chi connectivity index (χ4n) is 3.45. The highest BCUT2D eigenvalue weighted by atomic mass is 32.2. The van der Waals surface area contributed by atoms with E-state index in [4.69, 9.17) is 0 Å². The van der Waals surface area contributed by atoms with Gasteiger partial charge >= 0.3 is 5.97 Å². The highest BCUT2D eigenvalue weighted by molar-refractivity contribution is 7.79. The summed E-state index contributed by atoms with van der Waals surface area (Å²) >= 11 is -2.08. The minimum absolute atomic E-state index is 0.0426. The van der Waals surface area contributed by atoms with Crippen LogP contribution in [0, 0.1) is 19.8 Å². The van der Waals surface area contributed by atoms with Crippen molar-refractivity contribution in [3.63, 3.8) is 0 Å². The molecule has 1 aliphatic carbocycles. The van der Waals surface area contributed by atoms with Gasteiger partial charge in [-0.25, -0.2) is 0 Å². The number of allylic oxidation sites excluding steroid dienone is 3. The van der Waals surface area contributed by atoms with Crippen molar-refractivity contribution < 1.29 is 18.7 Å². The number of fused-ring (bicyclic) bond motifs is 1. The van der Waals surface area contributed by atoms with E-state index >= 15 is 0 Å². The van der Waals surface area contributed by atoms with Crippen LogP contribution < -0.4 is 0 Å². The van der Waals surface area contributed by atoms with Gasteiger partial charge in [0.2, 0.25) is 0 Å². The van der Waals surface area contributed by atoms with E-state index in [-0.39, 0.29) is 18.2 Å². The Labute approximate surface area is 154 Å². The molecule has 0 saturated carbocycles. The minimum atomic E-state index is -2.08. The molecule has 0 saturated heterocycles. The highest BCUT2D eigenvalue weighted by Crippen LogP contribution is 2.30. The number of nitrogens with zero attached hydrogens (tertiary/aromatic N) is 2. The number of rotatable bonds is 6. The lowest BCUT2D eigenvalue weighted by atomic mass is 9.91. The lowest BCUT2D eigenvalue weighted by Gasteiger charge is -2.17. The first kappa shape index (κ1) is 18.5. The maximum Gasteiger partial charge on any atom is 0.323 e. The molecule has 0 fully saturated rings. The molecular weight excluding hydrogens is 352 g/mol. The summed E-state index contributed by atoms with van der Waals surface area (Å²) in [6, 6.07) is 3.82. The van der Waals surface area contributed by atoms with Gasteiger partial charge in [-0.15, -0.1) is 0 Å². The molecule has 0 bridgehead atoms. The van der Waals surface area contributed by atoms with Crippen molar-refractivity contribution in [3.8, 4) is 0 Å². The van der Waals surface area contributed by atoms with Crippen LogP contribution in [-0.4, -0.2) is 35.1 Å².